The van der Waals surface area contributed by atoms with Crippen LogP contribution in [-0.2, 0) is 4.79 Å². The predicted octanol–water partition coefficient (Wildman–Crippen LogP) is 1.51. The van der Waals surface area contributed by atoms with Gasteiger partial charge in [0.15, 0.2) is 6.61 Å². The highest BCUT2D eigenvalue weighted by Crippen LogP contribution is 2.18. The van der Waals surface area contributed by atoms with Gasteiger partial charge in [0.25, 0.3) is 0 Å². The van der Waals surface area contributed by atoms with Gasteiger partial charge in [-0.05, 0) is 18.6 Å². The smallest absolute Gasteiger partial charge is 0.228 e. The van der Waals surface area contributed by atoms with Crippen molar-refractivity contribution in [2.75, 3.05) is 18.5 Å². The van der Waals surface area contributed by atoms with E-state index in [4.69, 9.17) is 15.7 Å². The summed E-state index contributed by atoms with van der Waals surface area (Å²) in [5.41, 5.74) is 6.15. The third kappa shape index (κ3) is 4.07. The number of hydrogen-bond acceptors (Lipinski definition) is 4. The first kappa shape index (κ1) is 14.0. The number of nitrogens with two attached hydrogens (primary N) is 1. The first-order valence-corrected chi connectivity index (χ1v) is 5.82. The standard InChI is InChI=1S/C13H17N3O2/c1-2-10(9-15)13(17)16-11-4-3-5-12(8-11)18-7-6-14/h3-5,8,10H,2,7,9,15H2,1H3,(H,16,17). The van der Waals surface area contributed by atoms with Crippen molar-refractivity contribution in [2.45, 2.75) is 13.3 Å². The average molecular weight is 247 g/mol. The lowest BCUT2D eigenvalue weighted by Crippen LogP contribution is -2.28. The number of carbonyl (C=O) groups is 1. The normalized spacial score (nSPS) is 11.4. The zero-order chi connectivity index (χ0) is 13.4. The Morgan fingerprint density at radius 2 is 2.39 bits per heavy atom. The molecule has 96 valence electrons. The Bertz CT molecular complexity index is 436. The lowest BCUT2D eigenvalue weighted by Gasteiger charge is -2.13. The SMILES string of the molecule is CCC(CN)C(=O)Nc1cccc(OCC#N)c1. The molecule has 1 aromatic rings. The molecule has 18 heavy (non-hydrogen) atoms. The minimum atomic E-state index is -0.186. The molecule has 0 aliphatic heterocycles. The molecule has 5 heteroatoms. The van der Waals surface area contributed by atoms with Crippen molar-refractivity contribution in [3.05, 3.63) is 24.3 Å². The number of nitrogens with one attached hydrogen (secondary N) is 1. The Hall–Kier alpha value is -2.06. The molecular formula is C13H17N3O2. The van der Waals surface area contributed by atoms with Crippen LogP contribution in [0.4, 0.5) is 5.69 Å². The van der Waals surface area contributed by atoms with Crippen molar-refractivity contribution in [1.82, 2.24) is 0 Å². The molecule has 5 nitrogen and oxygen atoms in total. The fourth-order valence-corrected chi connectivity index (χ4v) is 1.48. The van der Waals surface area contributed by atoms with Crippen LogP contribution in [0.3, 0.4) is 0 Å². The van der Waals surface area contributed by atoms with E-state index >= 15 is 0 Å². The maximum absolute atomic E-state index is 11.8. The van der Waals surface area contributed by atoms with Gasteiger partial charge in [0, 0.05) is 18.3 Å². The average Bonchev–Trinajstić information content (AvgIpc) is 2.38. The molecule has 0 radical (unpaired) electrons. The maximum atomic E-state index is 11.8. The second-order valence-electron chi connectivity index (χ2n) is 3.80. The Kier molecular flexibility index (Phi) is 5.68. The molecule has 0 aromatic heterocycles. The molecule has 0 aliphatic carbocycles. The van der Waals surface area contributed by atoms with Crippen LogP contribution in [-0.4, -0.2) is 19.1 Å². The largest absolute Gasteiger partial charge is 0.479 e. The summed E-state index contributed by atoms with van der Waals surface area (Å²) in [5.74, 6) is 0.265. The minimum Gasteiger partial charge on any atom is -0.479 e. The van der Waals surface area contributed by atoms with E-state index in [1.54, 1.807) is 24.3 Å². The summed E-state index contributed by atoms with van der Waals surface area (Å²) in [4.78, 5) is 11.8. The van der Waals surface area contributed by atoms with E-state index in [1.807, 2.05) is 13.0 Å². The number of amides is 1. The molecule has 3 N–H and O–H groups in total. The van der Waals surface area contributed by atoms with Crippen molar-refractivity contribution >= 4 is 11.6 Å². The second-order valence-corrected chi connectivity index (χ2v) is 3.80. The highest BCUT2D eigenvalue weighted by Gasteiger charge is 2.14. The fraction of sp³-hybridized carbons (Fsp3) is 0.385. The van der Waals surface area contributed by atoms with E-state index in [1.165, 1.54) is 0 Å². The number of ether oxygens (including phenoxy) is 1. The van der Waals surface area contributed by atoms with Crippen molar-refractivity contribution in [1.29, 1.82) is 5.26 Å². The van der Waals surface area contributed by atoms with Crippen LogP contribution in [0.5, 0.6) is 5.75 Å². The van der Waals surface area contributed by atoms with Crippen molar-refractivity contribution in [2.24, 2.45) is 11.7 Å². The number of anilines is 1. The van der Waals surface area contributed by atoms with E-state index in [9.17, 15) is 4.79 Å². The summed E-state index contributed by atoms with van der Waals surface area (Å²) >= 11 is 0. The zero-order valence-electron chi connectivity index (χ0n) is 10.3. The number of nitrogens with zero attached hydrogens (tertiary/aromatic N) is 1. The molecule has 0 saturated heterocycles. The lowest BCUT2D eigenvalue weighted by atomic mass is 10.1. The molecule has 1 atom stereocenters. The molecule has 0 aliphatic rings. The topological polar surface area (TPSA) is 88.1 Å². The molecule has 0 bridgehead atoms. The van der Waals surface area contributed by atoms with Crippen LogP contribution in [0, 0.1) is 17.2 Å². The number of carbonyl (C=O) groups excluding carboxylic acids is 1. The summed E-state index contributed by atoms with van der Waals surface area (Å²) in [6.45, 7) is 2.23. The van der Waals surface area contributed by atoms with Gasteiger partial charge in [-0.1, -0.05) is 13.0 Å². The van der Waals surface area contributed by atoms with Gasteiger partial charge in [-0.3, -0.25) is 4.79 Å². The summed E-state index contributed by atoms with van der Waals surface area (Å²) in [6.07, 6.45) is 0.701. The number of nitriles is 1. The van der Waals surface area contributed by atoms with Gasteiger partial charge in [-0.25, -0.2) is 0 Å². The molecule has 0 fully saturated rings. The van der Waals surface area contributed by atoms with Gasteiger partial charge in [0.1, 0.15) is 11.8 Å². The van der Waals surface area contributed by atoms with Crippen LogP contribution in [0.2, 0.25) is 0 Å². The first-order chi connectivity index (χ1) is 8.71. The lowest BCUT2D eigenvalue weighted by molar-refractivity contribution is -0.119. The van der Waals surface area contributed by atoms with Gasteiger partial charge in [0.2, 0.25) is 5.91 Å². The fourth-order valence-electron chi connectivity index (χ4n) is 1.48. The van der Waals surface area contributed by atoms with Crippen LogP contribution in [0.1, 0.15) is 13.3 Å². The Labute approximate surface area is 107 Å². The van der Waals surface area contributed by atoms with Gasteiger partial charge < -0.3 is 15.8 Å². The van der Waals surface area contributed by atoms with Crippen LogP contribution >= 0.6 is 0 Å². The number of hydrogen-bond donors (Lipinski definition) is 2. The van der Waals surface area contributed by atoms with Crippen LogP contribution in [0.25, 0.3) is 0 Å². The Morgan fingerprint density at radius 3 is 3.00 bits per heavy atom. The summed E-state index contributed by atoms with van der Waals surface area (Å²) in [6, 6.07) is 8.82. The van der Waals surface area contributed by atoms with E-state index in [2.05, 4.69) is 5.32 Å². The van der Waals surface area contributed by atoms with Crippen LogP contribution < -0.4 is 15.8 Å². The molecule has 0 saturated carbocycles. The van der Waals surface area contributed by atoms with Crippen LogP contribution in [0.15, 0.2) is 24.3 Å². The van der Waals surface area contributed by atoms with Gasteiger partial charge in [-0.2, -0.15) is 5.26 Å². The predicted molar refractivity (Wildman–Crippen MR) is 69.0 cm³/mol. The Balaban J connectivity index is 2.67. The summed E-state index contributed by atoms with van der Waals surface area (Å²) in [5, 5.41) is 11.2. The third-order valence-electron chi connectivity index (χ3n) is 2.55. The second kappa shape index (κ2) is 7.30. The first-order valence-electron chi connectivity index (χ1n) is 5.82. The molecule has 1 unspecified atom stereocenters. The molecule has 1 amide bonds. The zero-order valence-corrected chi connectivity index (χ0v) is 10.3. The quantitative estimate of drug-likeness (QED) is 0.797. The van der Waals surface area contributed by atoms with E-state index in [-0.39, 0.29) is 18.4 Å². The molecule has 1 rings (SSSR count). The van der Waals surface area contributed by atoms with Crippen molar-refractivity contribution < 1.29 is 9.53 Å². The summed E-state index contributed by atoms with van der Waals surface area (Å²) < 4.78 is 5.15. The van der Waals surface area contributed by atoms with Crippen molar-refractivity contribution in [3.63, 3.8) is 0 Å². The maximum Gasteiger partial charge on any atom is 0.228 e. The van der Waals surface area contributed by atoms with Gasteiger partial charge >= 0.3 is 0 Å². The number of benzene rings is 1. The third-order valence-corrected chi connectivity index (χ3v) is 2.55. The molecule has 0 heterocycles. The molecular weight excluding hydrogens is 230 g/mol. The van der Waals surface area contributed by atoms with Gasteiger partial charge in [0.05, 0.1) is 5.92 Å². The van der Waals surface area contributed by atoms with E-state index < -0.39 is 0 Å². The summed E-state index contributed by atoms with van der Waals surface area (Å²) in [7, 11) is 0. The van der Waals surface area contributed by atoms with Gasteiger partial charge in [-0.15, -0.1) is 0 Å². The monoisotopic (exact) mass is 247 g/mol. The van der Waals surface area contributed by atoms with E-state index in [0.717, 1.165) is 0 Å². The molecule has 1 aromatic carbocycles. The van der Waals surface area contributed by atoms with Crippen molar-refractivity contribution in [3.8, 4) is 11.8 Å². The highest BCUT2D eigenvalue weighted by molar-refractivity contribution is 5.92. The highest BCUT2D eigenvalue weighted by atomic mass is 16.5. The molecule has 0 spiro atoms. The van der Waals surface area contributed by atoms with E-state index in [0.29, 0.717) is 24.4 Å². The number of rotatable bonds is 6. The Morgan fingerprint density at radius 1 is 1.61 bits per heavy atom. The minimum absolute atomic E-state index is 0.0161.